The van der Waals surface area contributed by atoms with Crippen LogP contribution in [0.3, 0.4) is 0 Å². The van der Waals surface area contributed by atoms with Crippen molar-refractivity contribution in [2.24, 2.45) is 11.8 Å². The normalized spacial score (nSPS) is 32.0. The number of hydrogen-bond acceptors (Lipinski definition) is 6. The second-order valence-corrected chi connectivity index (χ2v) is 6.15. The minimum absolute atomic E-state index is 0.107. The Bertz CT molecular complexity index is 614. The van der Waals surface area contributed by atoms with Gasteiger partial charge in [0.15, 0.2) is 0 Å². The van der Waals surface area contributed by atoms with Gasteiger partial charge in [0, 0.05) is 29.9 Å². The molecule has 110 valence electrons. The number of rotatable bonds is 2. The standard InChI is InChI=1S/C15H19N5O/c1-9-4-5-12-11(7-9)13(19-18-12)15-17-14(20-21-15)10-3-2-6-16-8-10/h2-3,6,8-9,11-13,18-19H,4-5,7H2,1H3. The topological polar surface area (TPSA) is 75.9 Å². The van der Waals surface area contributed by atoms with Crippen LogP contribution in [0, 0.1) is 11.8 Å². The van der Waals surface area contributed by atoms with E-state index in [-0.39, 0.29) is 6.04 Å². The van der Waals surface area contributed by atoms with Crippen molar-refractivity contribution in [3.05, 3.63) is 30.4 Å². The lowest BCUT2D eigenvalue weighted by Gasteiger charge is -2.30. The van der Waals surface area contributed by atoms with Crippen molar-refractivity contribution in [2.75, 3.05) is 0 Å². The average molecular weight is 285 g/mol. The summed E-state index contributed by atoms with van der Waals surface area (Å²) in [5.41, 5.74) is 7.61. The van der Waals surface area contributed by atoms with Crippen molar-refractivity contribution in [1.29, 1.82) is 0 Å². The van der Waals surface area contributed by atoms with Gasteiger partial charge in [-0.1, -0.05) is 12.1 Å². The van der Waals surface area contributed by atoms with Gasteiger partial charge in [0.2, 0.25) is 11.7 Å². The quantitative estimate of drug-likeness (QED) is 0.880. The van der Waals surface area contributed by atoms with Crippen LogP contribution in [-0.2, 0) is 0 Å². The van der Waals surface area contributed by atoms with Gasteiger partial charge in [-0.05, 0) is 37.3 Å². The lowest BCUT2D eigenvalue weighted by molar-refractivity contribution is 0.223. The summed E-state index contributed by atoms with van der Waals surface area (Å²) >= 11 is 0. The maximum absolute atomic E-state index is 5.50. The summed E-state index contributed by atoms with van der Waals surface area (Å²) < 4.78 is 5.50. The lowest BCUT2D eigenvalue weighted by Crippen LogP contribution is -2.34. The van der Waals surface area contributed by atoms with Crippen molar-refractivity contribution < 1.29 is 4.52 Å². The third-order valence-corrected chi connectivity index (χ3v) is 4.64. The highest BCUT2D eigenvalue weighted by molar-refractivity contribution is 5.51. The zero-order valence-corrected chi connectivity index (χ0v) is 12.0. The van der Waals surface area contributed by atoms with E-state index in [1.165, 1.54) is 19.3 Å². The van der Waals surface area contributed by atoms with E-state index in [0.717, 1.165) is 11.5 Å². The molecule has 2 aromatic heterocycles. The molecule has 4 atom stereocenters. The Morgan fingerprint density at radius 3 is 3.10 bits per heavy atom. The van der Waals surface area contributed by atoms with E-state index in [0.29, 0.717) is 23.7 Å². The van der Waals surface area contributed by atoms with Gasteiger partial charge in [0.25, 0.3) is 0 Å². The van der Waals surface area contributed by atoms with Gasteiger partial charge in [-0.25, -0.2) is 5.43 Å². The zero-order valence-electron chi connectivity index (χ0n) is 12.0. The lowest BCUT2D eigenvalue weighted by atomic mass is 9.77. The molecular weight excluding hydrogens is 266 g/mol. The Hall–Kier alpha value is -1.79. The van der Waals surface area contributed by atoms with E-state index in [9.17, 15) is 0 Å². The number of fused-ring (bicyclic) bond motifs is 1. The second kappa shape index (κ2) is 5.20. The molecule has 0 spiro atoms. The van der Waals surface area contributed by atoms with E-state index in [4.69, 9.17) is 4.52 Å². The molecule has 6 heteroatoms. The van der Waals surface area contributed by atoms with Crippen molar-refractivity contribution in [3.63, 3.8) is 0 Å². The van der Waals surface area contributed by atoms with Crippen LogP contribution >= 0.6 is 0 Å². The Labute approximate surface area is 123 Å². The minimum Gasteiger partial charge on any atom is -0.337 e. The zero-order chi connectivity index (χ0) is 14.2. The van der Waals surface area contributed by atoms with Gasteiger partial charge in [-0.3, -0.25) is 10.4 Å². The Morgan fingerprint density at radius 1 is 1.29 bits per heavy atom. The molecule has 0 amide bonds. The molecule has 1 saturated carbocycles. The summed E-state index contributed by atoms with van der Waals surface area (Å²) in [4.78, 5) is 8.65. The van der Waals surface area contributed by atoms with Gasteiger partial charge in [-0.15, -0.1) is 0 Å². The Kier molecular flexibility index (Phi) is 3.20. The van der Waals surface area contributed by atoms with Gasteiger partial charge in [-0.2, -0.15) is 4.98 Å². The molecule has 0 radical (unpaired) electrons. The van der Waals surface area contributed by atoms with Crippen LogP contribution in [0.1, 0.15) is 38.1 Å². The first kappa shape index (κ1) is 12.9. The molecule has 3 heterocycles. The summed E-state index contributed by atoms with van der Waals surface area (Å²) in [5, 5.41) is 4.09. The van der Waals surface area contributed by atoms with Crippen LogP contribution in [0.5, 0.6) is 0 Å². The first-order chi connectivity index (χ1) is 10.3. The van der Waals surface area contributed by atoms with Crippen LogP contribution < -0.4 is 10.9 Å². The fourth-order valence-corrected chi connectivity index (χ4v) is 3.50. The number of nitrogens with zero attached hydrogens (tertiary/aromatic N) is 3. The number of aromatic nitrogens is 3. The monoisotopic (exact) mass is 285 g/mol. The van der Waals surface area contributed by atoms with Gasteiger partial charge >= 0.3 is 0 Å². The summed E-state index contributed by atoms with van der Waals surface area (Å²) in [6.45, 7) is 2.32. The number of hydrazine groups is 1. The summed E-state index contributed by atoms with van der Waals surface area (Å²) in [6, 6.07) is 4.43. The minimum atomic E-state index is 0.107. The molecule has 4 rings (SSSR count). The molecule has 1 aliphatic heterocycles. The van der Waals surface area contributed by atoms with Gasteiger partial charge < -0.3 is 4.52 Å². The van der Waals surface area contributed by atoms with Crippen LogP contribution in [0.4, 0.5) is 0 Å². The third kappa shape index (κ3) is 2.34. The van der Waals surface area contributed by atoms with Crippen molar-refractivity contribution in [2.45, 2.75) is 38.3 Å². The number of pyridine rings is 1. The Morgan fingerprint density at radius 2 is 2.24 bits per heavy atom. The molecule has 0 bridgehead atoms. The highest BCUT2D eigenvalue weighted by Crippen LogP contribution is 2.39. The van der Waals surface area contributed by atoms with Gasteiger partial charge in [0.1, 0.15) is 6.04 Å². The first-order valence-corrected chi connectivity index (χ1v) is 7.56. The van der Waals surface area contributed by atoms with Crippen LogP contribution in [0.25, 0.3) is 11.4 Å². The fraction of sp³-hybridized carbons (Fsp3) is 0.533. The molecule has 2 N–H and O–H groups in total. The molecule has 4 unspecified atom stereocenters. The first-order valence-electron chi connectivity index (χ1n) is 7.56. The largest absolute Gasteiger partial charge is 0.337 e. The summed E-state index contributed by atoms with van der Waals surface area (Å²) in [5.74, 6) is 2.56. The molecule has 2 fully saturated rings. The second-order valence-electron chi connectivity index (χ2n) is 6.15. The van der Waals surface area contributed by atoms with E-state index in [2.05, 4.69) is 32.9 Å². The highest BCUT2D eigenvalue weighted by Gasteiger charge is 2.42. The van der Waals surface area contributed by atoms with Crippen LogP contribution in [-0.4, -0.2) is 21.2 Å². The number of nitrogens with one attached hydrogen (secondary N) is 2. The van der Waals surface area contributed by atoms with E-state index >= 15 is 0 Å². The predicted octanol–water partition coefficient (Wildman–Crippen LogP) is 2.09. The maximum Gasteiger partial charge on any atom is 0.245 e. The molecular formula is C15H19N5O. The molecule has 1 aliphatic carbocycles. The molecule has 6 nitrogen and oxygen atoms in total. The van der Waals surface area contributed by atoms with Crippen molar-refractivity contribution >= 4 is 0 Å². The average Bonchev–Trinajstić information content (AvgIpc) is 3.14. The van der Waals surface area contributed by atoms with E-state index in [1.807, 2.05) is 12.1 Å². The summed E-state index contributed by atoms with van der Waals surface area (Å²) in [7, 11) is 0. The van der Waals surface area contributed by atoms with E-state index < -0.39 is 0 Å². The molecule has 2 aliphatic rings. The molecule has 21 heavy (non-hydrogen) atoms. The van der Waals surface area contributed by atoms with Crippen LogP contribution in [0.15, 0.2) is 29.0 Å². The Balaban J connectivity index is 1.58. The predicted molar refractivity (Wildman–Crippen MR) is 76.8 cm³/mol. The maximum atomic E-state index is 5.50. The molecule has 1 saturated heterocycles. The summed E-state index contributed by atoms with van der Waals surface area (Å²) in [6.07, 6.45) is 7.17. The highest BCUT2D eigenvalue weighted by atomic mass is 16.5. The van der Waals surface area contributed by atoms with Crippen molar-refractivity contribution in [1.82, 2.24) is 26.0 Å². The third-order valence-electron chi connectivity index (χ3n) is 4.64. The molecule has 0 aromatic carbocycles. The number of hydrogen-bond donors (Lipinski definition) is 2. The van der Waals surface area contributed by atoms with Gasteiger partial charge in [0.05, 0.1) is 0 Å². The van der Waals surface area contributed by atoms with E-state index in [1.54, 1.807) is 12.4 Å². The smallest absolute Gasteiger partial charge is 0.245 e. The SMILES string of the molecule is CC1CCC2NNC(c3nc(-c4cccnc4)no3)C2C1. The van der Waals surface area contributed by atoms with Crippen molar-refractivity contribution in [3.8, 4) is 11.4 Å². The molecule has 2 aromatic rings. The van der Waals surface area contributed by atoms with Crippen LogP contribution in [0.2, 0.25) is 0 Å². The fourth-order valence-electron chi connectivity index (χ4n) is 3.50.